The van der Waals surface area contributed by atoms with Crippen LogP contribution in [0.1, 0.15) is 66.8 Å². The molecule has 0 radical (unpaired) electrons. The number of nitrogens with zero attached hydrogens (tertiary/aromatic N) is 1. The second-order valence-corrected chi connectivity index (χ2v) is 6.67. The van der Waals surface area contributed by atoms with E-state index in [0.29, 0.717) is 16.8 Å². The van der Waals surface area contributed by atoms with Crippen LogP contribution < -0.4 is 0 Å². The summed E-state index contributed by atoms with van der Waals surface area (Å²) >= 11 is 0. The highest BCUT2D eigenvalue weighted by Gasteiger charge is 2.27. The lowest BCUT2D eigenvalue weighted by Crippen LogP contribution is -2.16. The van der Waals surface area contributed by atoms with Gasteiger partial charge < -0.3 is 9.84 Å². The Morgan fingerprint density at radius 1 is 1.12 bits per heavy atom. The zero-order valence-corrected chi connectivity index (χ0v) is 15.3. The van der Waals surface area contributed by atoms with Crippen LogP contribution in [-0.4, -0.2) is 23.2 Å². The van der Waals surface area contributed by atoms with Gasteiger partial charge in [0.15, 0.2) is 0 Å². The van der Waals surface area contributed by atoms with Gasteiger partial charge in [0, 0.05) is 23.9 Å². The molecule has 0 aliphatic heterocycles. The lowest BCUT2D eigenvalue weighted by atomic mass is 9.90. The van der Waals surface area contributed by atoms with Gasteiger partial charge in [-0.2, -0.15) is 0 Å². The molecular weight excluding hydrogens is 323 g/mol. The summed E-state index contributed by atoms with van der Waals surface area (Å²) in [5.74, 6) is -1.36. The molecule has 0 fully saturated rings. The number of methoxy groups -OCH3 is 1. The molecule has 0 saturated carbocycles. The van der Waals surface area contributed by atoms with E-state index in [1.807, 2.05) is 27.7 Å². The van der Waals surface area contributed by atoms with E-state index in [-0.39, 0.29) is 29.8 Å². The third kappa shape index (κ3) is 3.87. The molecule has 0 amide bonds. The summed E-state index contributed by atoms with van der Waals surface area (Å²) in [5.41, 5.74) is 3.48. The molecule has 25 heavy (non-hydrogen) atoms. The summed E-state index contributed by atoms with van der Waals surface area (Å²) < 4.78 is 18.7. The normalized spacial score (nSPS) is 11.4. The van der Waals surface area contributed by atoms with Crippen LogP contribution in [0.3, 0.4) is 0 Å². The van der Waals surface area contributed by atoms with Gasteiger partial charge in [-0.15, -0.1) is 0 Å². The van der Waals surface area contributed by atoms with E-state index in [2.05, 4.69) is 4.98 Å². The van der Waals surface area contributed by atoms with Crippen molar-refractivity contribution in [2.45, 2.75) is 46.1 Å². The standard InChI is InChI=1S/C20H24FNO3/c1-11(2)18-15(10-25-5)16(13-6-8-14(21)9-7-13)17(20(23)24)19(22-18)12(3)4/h6-9,11-12H,10H2,1-5H3,(H,23,24)/i20+2. The molecule has 1 heterocycles. The highest BCUT2D eigenvalue weighted by molar-refractivity contribution is 5.98. The van der Waals surface area contributed by atoms with Crippen LogP contribution in [0.4, 0.5) is 4.39 Å². The molecule has 1 aromatic carbocycles. The predicted octanol–water partition coefficient (Wildman–Crippen LogP) is 4.98. The highest BCUT2D eigenvalue weighted by atomic mass is 19.1. The second kappa shape index (κ2) is 7.74. The number of carboxylic acids is 1. The molecule has 134 valence electrons. The number of hydrogen-bond donors (Lipinski definition) is 1. The topological polar surface area (TPSA) is 59.4 Å². The fourth-order valence-corrected chi connectivity index (χ4v) is 3.00. The SMILES string of the molecule is COCc1c(C(C)C)nc(C(C)C)c([14C](=O)O)c1-c1ccc(F)cc1. The largest absolute Gasteiger partial charge is 0.478 e. The number of aromatic nitrogens is 1. The fraction of sp³-hybridized carbons (Fsp3) is 0.400. The lowest BCUT2D eigenvalue weighted by molar-refractivity contribution is 0.0695. The molecule has 0 spiro atoms. The third-order valence-electron chi connectivity index (χ3n) is 4.09. The van der Waals surface area contributed by atoms with Crippen molar-refractivity contribution in [2.75, 3.05) is 7.11 Å². The Balaban J connectivity index is 2.95. The van der Waals surface area contributed by atoms with E-state index in [1.54, 1.807) is 19.2 Å². The van der Waals surface area contributed by atoms with Crippen LogP contribution >= 0.6 is 0 Å². The molecule has 2 aromatic rings. The minimum absolute atomic E-state index is 0.0561. The molecule has 0 atom stereocenters. The number of carboxylic acid groups (broad SMARTS) is 1. The van der Waals surface area contributed by atoms with Gasteiger partial charge in [0.25, 0.3) is 0 Å². The molecule has 0 bridgehead atoms. The van der Waals surface area contributed by atoms with Crippen molar-refractivity contribution >= 4 is 5.97 Å². The van der Waals surface area contributed by atoms with Crippen molar-refractivity contribution in [2.24, 2.45) is 0 Å². The summed E-state index contributed by atoms with van der Waals surface area (Å²) in [7, 11) is 1.56. The van der Waals surface area contributed by atoms with Gasteiger partial charge in [0.2, 0.25) is 0 Å². The maximum Gasteiger partial charge on any atom is 0.338 e. The van der Waals surface area contributed by atoms with Crippen molar-refractivity contribution in [1.82, 2.24) is 4.98 Å². The maximum atomic E-state index is 13.4. The molecular formula is C20H24FNO3. The first-order valence-corrected chi connectivity index (χ1v) is 8.32. The van der Waals surface area contributed by atoms with Gasteiger partial charge in [-0.05, 0) is 29.5 Å². The first kappa shape index (κ1) is 19.1. The van der Waals surface area contributed by atoms with Gasteiger partial charge in [0.1, 0.15) is 5.82 Å². The number of rotatable bonds is 6. The van der Waals surface area contributed by atoms with Crippen LogP contribution in [0.5, 0.6) is 0 Å². The minimum atomic E-state index is -1.04. The minimum Gasteiger partial charge on any atom is -0.478 e. The highest BCUT2D eigenvalue weighted by Crippen LogP contribution is 2.36. The van der Waals surface area contributed by atoms with Crippen LogP contribution in [0.15, 0.2) is 24.3 Å². The van der Waals surface area contributed by atoms with Gasteiger partial charge in [0.05, 0.1) is 17.9 Å². The van der Waals surface area contributed by atoms with E-state index < -0.39 is 5.97 Å². The number of carbonyl (C=O) groups is 1. The molecule has 0 saturated heterocycles. The fourth-order valence-electron chi connectivity index (χ4n) is 3.00. The Hall–Kier alpha value is -2.27. The monoisotopic (exact) mass is 347 g/mol. The van der Waals surface area contributed by atoms with E-state index >= 15 is 0 Å². The molecule has 0 aliphatic carbocycles. The molecule has 0 unspecified atom stereocenters. The van der Waals surface area contributed by atoms with Crippen LogP contribution in [0.25, 0.3) is 11.1 Å². The first-order chi connectivity index (χ1) is 11.8. The quantitative estimate of drug-likeness (QED) is 0.801. The Labute approximate surface area is 147 Å². The summed E-state index contributed by atoms with van der Waals surface area (Å²) in [6.07, 6.45) is 0. The van der Waals surface area contributed by atoms with E-state index in [1.165, 1.54) is 12.1 Å². The third-order valence-corrected chi connectivity index (χ3v) is 4.09. The van der Waals surface area contributed by atoms with Gasteiger partial charge in [-0.3, -0.25) is 4.98 Å². The second-order valence-electron chi connectivity index (χ2n) is 6.67. The van der Waals surface area contributed by atoms with E-state index in [0.717, 1.165) is 11.3 Å². The van der Waals surface area contributed by atoms with Crippen LogP contribution in [0.2, 0.25) is 0 Å². The van der Waals surface area contributed by atoms with Gasteiger partial charge >= 0.3 is 5.97 Å². The summed E-state index contributed by atoms with van der Waals surface area (Å²) in [4.78, 5) is 16.8. The van der Waals surface area contributed by atoms with Crippen molar-refractivity contribution in [3.05, 3.63) is 52.6 Å². The summed E-state index contributed by atoms with van der Waals surface area (Å²) in [6.45, 7) is 8.11. The molecule has 2 rings (SSSR count). The number of benzene rings is 1. The van der Waals surface area contributed by atoms with E-state index in [4.69, 9.17) is 4.74 Å². The van der Waals surface area contributed by atoms with Crippen molar-refractivity contribution in [3.63, 3.8) is 0 Å². The Morgan fingerprint density at radius 3 is 2.12 bits per heavy atom. The van der Waals surface area contributed by atoms with E-state index in [9.17, 15) is 14.3 Å². The van der Waals surface area contributed by atoms with Gasteiger partial charge in [-0.25, -0.2) is 9.18 Å². The average molecular weight is 347 g/mol. The Morgan fingerprint density at radius 2 is 1.68 bits per heavy atom. The number of aromatic carboxylic acids is 1. The van der Waals surface area contributed by atoms with Crippen LogP contribution in [0, 0.1) is 5.82 Å². The van der Waals surface area contributed by atoms with Crippen molar-refractivity contribution < 1.29 is 19.0 Å². The molecule has 5 heteroatoms. The number of hydrogen-bond acceptors (Lipinski definition) is 3. The zero-order valence-electron chi connectivity index (χ0n) is 15.3. The smallest absolute Gasteiger partial charge is 0.338 e. The van der Waals surface area contributed by atoms with Gasteiger partial charge in [-0.1, -0.05) is 39.8 Å². The summed E-state index contributed by atoms with van der Waals surface area (Å²) in [5, 5.41) is 9.88. The average Bonchev–Trinajstić information content (AvgIpc) is 2.54. The summed E-state index contributed by atoms with van der Waals surface area (Å²) in [6, 6.07) is 5.87. The number of ether oxygens (including phenoxy) is 1. The zero-order chi connectivity index (χ0) is 18.7. The van der Waals surface area contributed by atoms with Crippen molar-refractivity contribution in [1.29, 1.82) is 0 Å². The lowest BCUT2D eigenvalue weighted by Gasteiger charge is -2.22. The predicted molar refractivity (Wildman–Crippen MR) is 95.5 cm³/mol. The molecule has 0 aliphatic rings. The molecule has 1 N–H and O–H groups in total. The van der Waals surface area contributed by atoms with Crippen LogP contribution in [-0.2, 0) is 11.3 Å². The number of pyridine rings is 1. The van der Waals surface area contributed by atoms with Crippen molar-refractivity contribution in [3.8, 4) is 11.1 Å². The molecule has 1 aromatic heterocycles. The Kier molecular flexibility index (Phi) is 5.90. The number of halogens is 1. The molecule has 4 nitrogen and oxygen atoms in total. The maximum absolute atomic E-state index is 13.4. The Bertz CT molecular complexity index is 768. The first-order valence-electron chi connectivity index (χ1n) is 8.32.